The summed E-state index contributed by atoms with van der Waals surface area (Å²) in [5.74, 6) is 0.729. The standard InChI is InChI=1S/C16H23N3O2/c20-16(11-14-4-10-21-13-14)19-8-6-18(7-9-19)12-15-3-1-2-5-17-15/h1-3,5,14H,4,6-13H2. The molecule has 3 rings (SSSR count). The minimum absolute atomic E-state index is 0.294. The van der Waals surface area contributed by atoms with Crippen LogP contribution in [0.1, 0.15) is 18.5 Å². The molecule has 0 bridgehead atoms. The van der Waals surface area contributed by atoms with E-state index < -0.39 is 0 Å². The first kappa shape index (κ1) is 14.5. The first-order valence-electron chi connectivity index (χ1n) is 7.79. The number of ether oxygens (including phenoxy) is 1. The summed E-state index contributed by atoms with van der Waals surface area (Å²) in [4.78, 5) is 21.0. The lowest BCUT2D eigenvalue weighted by Gasteiger charge is -2.35. The quantitative estimate of drug-likeness (QED) is 0.834. The van der Waals surface area contributed by atoms with Gasteiger partial charge in [-0.2, -0.15) is 0 Å². The maximum atomic E-state index is 12.3. The SMILES string of the molecule is O=C(CC1CCOC1)N1CCN(Cc2ccccn2)CC1. The van der Waals surface area contributed by atoms with Crippen molar-refractivity contribution in [2.24, 2.45) is 5.92 Å². The zero-order valence-corrected chi connectivity index (χ0v) is 12.4. The number of piperazine rings is 1. The van der Waals surface area contributed by atoms with Crippen LogP contribution in [0.4, 0.5) is 0 Å². The van der Waals surface area contributed by atoms with Gasteiger partial charge in [0, 0.05) is 58.6 Å². The number of nitrogens with zero attached hydrogens (tertiary/aromatic N) is 3. The predicted molar refractivity (Wildman–Crippen MR) is 79.6 cm³/mol. The highest BCUT2D eigenvalue weighted by molar-refractivity contribution is 5.76. The molecule has 1 amide bonds. The molecule has 5 nitrogen and oxygen atoms in total. The number of aromatic nitrogens is 1. The van der Waals surface area contributed by atoms with Gasteiger partial charge in [-0.15, -0.1) is 0 Å². The summed E-state index contributed by atoms with van der Waals surface area (Å²) in [6.07, 6.45) is 3.52. The summed E-state index contributed by atoms with van der Waals surface area (Å²) >= 11 is 0. The molecule has 0 saturated carbocycles. The average Bonchev–Trinajstić information content (AvgIpc) is 3.02. The molecular formula is C16H23N3O2. The minimum Gasteiger partial charge on any atom is -0.381 e. The van der Waals surface area contributed by atoms with Gasteiger partial charge in [-0.25, -0.2) is 0 Å². The molecule has 2 fully saturated rings. The molecule has 1 unspecified atom stereocenters. The van der Waals surface area contributed by atoms with Crippen LogP contribution in [0.15, 0.2) is 24.4 Å². The molecule has 5 heteroatoms. The summed E-state index contributed by atoms with van der Waals surface area (Å²) < 4.78 is 5.34. The van der Waals surface area contributed by atoms with Crippen molar-refractivity contribution in [1.29, 1.82) is 0 Å². The average molecular weight is 289 g/mol. The Morgan fingerprint density at radius 1 is 1.29 bits per heavy atom. The van der Waals surface area contributed by atoms with E-state index in [1.54, 1.807) is 0 Å². The van der Waals surface area contributed by atoms with Gasteiger partial charge in [-0.05, 0) is 24.5 Å². The number of amides is 1. The van der Waals surface area contributed by atoms with E-state index in [-0.39, 0.29) is 0 Å². The van der Waals surface area contributed by atoms with Gasteiger partial charge in [0.2, 0.25) is 5.91 Å². The van der Waals surface area contributed by atoms with Gasteiger partial charge in [0.25, 0.3) is 0 Å². The molecule has 2 aliphatic heterocycles. The Balaban J connectivity index is 1.43. The van der Waals surface area contributed by atoms with Crippen molar-refractivity contribution in [3.05, 3.63) is 30.1 Å². The Morgan fingerprint density at radius 3 is 2.81 bits per heavy atom. The number of pyridine rings is 1. The first-order chi connectivity index (χ1) is 10.3. The monoisotopic (exact) mass is 289 g/mol. The van der Waals surface area contributed by atoms with Gasteiger partial charge in [-0.3, -0.25) is 14.7 Å². The number of rotatable bonds is 4. The summed E-state index contributed by atoms with van der Waals surface area (Å²) in [6.45, 7) is 5.98. The Labute approximate surface area is 125 Å². The van der Waals surface area contributed by atoms with E-state index in [1.165, 1.54) is 0 Å². The Kier molecular flexibility index (Phi) is 4.83. The van der Waals surface area contributed by atoms with Crippen molar-refractivity contribution < 1.29 is 9.53 Å². The lowest BCUT2D eigenvalue weighted by atomic mass is 10.0. The largest absolute Gasteiger partial charge is 0.381 e. The van der Waals surface area contributed by atoms with E-state index >= 15 is 0 Å². The lowest BCUT2D eigenvalue weighted by Crippen LogP contribution is -2.48. The van der Waals surface area contributed by atoms with Crippen molar-refractivity contribution >= 4 is 5.91 Å². The van der Waals surface area contributed by atoms with Gasteiger partial charge in [0.05, 0.1) is 5.69 Å². The first-order valence-corrected chi connectivity index (χ1v) is 7.79. The number of hydrogen-bond donors (Lipinski definition) is 0. The second-order valence-corrected chi connectivity index (χ2v) is 5.91. The van der Waals surface area contributed by atoms with E-state index in [2.05, 4.69) is 16.0 Å². The van der Waals surface area contributed by atoms with Crippen LogP contribution in [0, 0.1) is 5.92 Å². The third-order valence-electron chi connectivity index (χ3n) is 4.32. The molecular weight excluding hydrogens is 266 g/mol. The van der Waals surface area contributed by atoms with Gasteiger partial charge < -0.3 is 9.64 Å². The zero-order valence-electron chi connectivity index (χ0n) is 12.4. The highest BCUT2D eigenvalue weighted by atomic mass is 16.5. The molecule has 0 N–H and O–H groups in total. The molecule has 114 valence electrons. The molecule has 2 saturated heterocycles. The molecule has 21 heavy (non-hydrogen) atoms. The topological polar surface area (TPSA) is 45.7 Å². The molecule has 0 spiro atoms. The van der Waals surface area contributed by atoms with Gasteiger partial charge >= 0.3 is 0 Å². The van der Waals surface area contributed by atoms with Crippen molar-refractivity contribution in [2.75, 3.05) is 39.4 Å². The maximum Gasteiger partial charge on any atom is 0.223 e. The van der Waals surface area contributed by atoms with Crippen LogP contribution in [0.25, 0.3) is 0 Å². The van der Waals surface area contributed by atoms with Gasteiger partial charge in [-0.1, -0.05) is 6.07 Å². The van der Waals surface area contributed by atoms with Crippen molar-refractivity contribution in [3.63, 3.8) is 0 Å². The fraction of sp³-hybridized carbons (Fsp3) is 0.625. The molecule has 2 aliphatic rings. The molecule has 1 aromatic heterocycles. The van der Waals surface area contributed by atoms with E-state index in [0.29, 0.717) is 18.2 Å². The smallest absolute Gasteiger partial charge is 0.223 e. The molecule has 3 heterocycles. The lowest BCUT2D eigenvalue weighted by molar-refractivity contribution is -0.134. The van der Waals surface area contributed by atoms with E-state index in [0.717, 1.165) is 58.1 Å². The highest BCUT2D eigenvalue weighted by Crippen LogP contribution is 2.18. The third-order valence-corrected chi connectivity index (χ3v) is 4.32. The van der Waals surface area contributed by atoms with E-state index in [4.69, 9.17) is 4.74 Å². The second-order valence-electron chi connectivity index (χ2n) is 5.91. The fourth-order valence-corrected chi connectivity index (χ4v) is 3.00. The summed E-state index contributed by atoms with van der Waals surface area (Å²) in [7, 11) is 0. The number of hydrogen-bond acceptors (Lipinski definition) is 4. The van der Waals surface area contributed by atoms with Crippen molar-refractivity contribution in [3.8, 4) is 0 Å². The zero-order chi connectivity index (χ0) is 14.5. The minimum atomic E-state index is 0.294. The van der Waals surface area contributed by atoms with E-state index in [9.17, 15) is 4.79 Å². The number of carbonyl (C=O) groups excluding carboxylic acids is 1. The summed E-state index contributed by atoms with van der Waals surface area (Å²) in [5.41, 5.74) is 1.10. The van der Waals surface area contributed by atoms with Crippen LogP contribution in [0.5, 0.6) is 0 Å². The number of carbonyl (C=O) groups is 1. The van der Waals surface area contributed by atoms with Crippen LogP contribution in [-0.4, -0.2) is 60.1 Å². The maximum absolute atomic E-state index is 12.3. The Morgan fingerprint density at radius 2 is 2.14 bits per heavy atom. The van der Waals surface area contributed by atoms with Gasteiger partial charge in [0.1, 0.15) is 0 Å². The van der Waals surface area contributed by atoms with E-state index in [1.807, 2.05) is 23.2 Å². The van der Waals surface area contributed by atoms with Crippen molar-refractivity contribution in [1.82, 2.24) is 14.8 Å². The van der Waals surface area contributed by atoms with Crippen LogP contribution in [0.2, 0.25) is 0 Å². The van der Waals surface area contributed by atoms with Gasteiger partial charge in [0.15, 0.2) is 0 Å². The van der Waals surface area contributed by atoms with Crippen LogP contribution in [0.3, 0.4) is 0 Å². The molecule has 1 atom stereocenters. The molecule has 1 aromatic rings. The normalized spacial score (nSPS) is 23.4. The second kappa shape index (κ2) is 7.00. The fourth-order valence-electron chi connectivity index (χ4n) is 3.00. The van der Waals surface area contributed by atoms with Crippen LogP contribution in [-0.2, 0) is 16.1 Å². The van der Waals surface area contributed by atoms with Crippen LogP contribution >= 0.6 is 0 Å². The Bertz CT molecular complexity index is 452. The van der Waals surface area contributed by atoms with Crippen LogP contribution < -0.4 is 0 Å². The van der Waals surface area contributed by atoms with Crippen molar-refractivity contribution in [2.45, 2.75) is 19.4 Å². The summed E-state index contributed by atoms with van der Waals surface area (Å²) in [6, 6.07) is 6.01. The molecule has 0 aliphatic carbocycles. The highest BCUT2D eigenvalue weighted by Gasteiger charge is 2.25. The Hall–Kier alpha value is -1.46. The molecule has 0 radical (unpaired) electrons. The predicted octanol–water partition coefficient (Wildman–Crippen LogP) is 1.15. The molecule has 0 aromatic carbocycles. The third kappa shape index (κ3) is 4.02. The summed E-state index contributed by atoms with van der Waals surface area (Å²) in [5, 5.41) is 0.